The molecule has 0 aromatic rings. The Hall–Kier alpha value is -1.93. The molecule has 1 aliphatic carbocycles. The maximum absolute atomic E-state index is 12.2. The molecule has 0 bridgehead atoms. The number of aliphatic carboxylic acids is 1. The van der Waals surface area contributed by atoms with Crippen LogP contribution in [0.3, 0.4) is 0 Å². The third kappa shape index (κ3) is 5.81. The highest BCUT2D eigenvalue weighted by atomic mass is 16.5. The largest absolute Gasteiger partial charge is 0.478 e. The van der Waals surface area contributed by atoms with Gasteiger partial charge in [0.25, 0.3) is 0 Å². The number of carboxylic acid groups (broad SMARTS) is 1. The van der Waals surface area contributed by atoms with Gasteiger partial charge in [-0.2, -0.15) is 0 Å². The number of rotatable bonds is 9. The Morgan fingerprint density at radius 1 is 1.23 bits per heavy atom. The highest BCUT2D eigenvalue weighted by Crippen LogP contribution is 2.25. The van der Waals surface area contributed by atoms with Gasteiger partial charge in [-0.15, -0.1) is 0 Å². The van der Waals surface area contributed by atoms with E-state index in [0.29, 0.717) is 6.42 Å². The summed E-state index contributed by atoms with van der Waals surface area (Å²) in [5.41, 5.74) is 6.09. The molecule has 8 nitrogen and oxygen atoms in total. The van der Waals surface area contributed by atoms with Crippen LogP contribution in [0.5, 0.6) is 0 Å². The van der Waals surface area contributed by atoms with Crippen LogP contribution in [0.2, 0.25) is 0 Å². The fourth-order valence-electron chi connectivity index (χ4n) is 3.13. The molecule has 0 aromatic carbocycles. The Morgan fingerprint density at radius 2 is 1.85 bits per heavy atom. The van der Waals surface area contributed by atoms with Crippen LogP contribution in [0.1, 0.15) is 53.4 Å². The monoisotopic (exact) mass is 369 g/mol. The summed E-state index contributed by atoms with van der Waals surface area (Å²) in [5, 5.41) is 15.1. The van der Waals surface area contributed by atoms with Gasteiger partial charge >= 0.3 is 5.97 Å². The number of carboxylic acids is 1. The Balaban J connectivity index is 3.29. The Morgan fingerprint density at radius 3 is 2.31 bits per heavy atom. The van der Waals surface area contributed by atoms with Crippen molar-refractivity contribution < 1.29 is 24.2 Å². The van der Waals surface area contributed by atoms with E-state index in [9.17, 15) is 19.5 Å². The van der Waals surface area contributed by atoms with Gasteiger partial charge in [-0.25, -0.2) is 4.79 Å². The number of carbonyl (C=O) groups excluding carboxylic acids is 2. The molecule has 26 heavy (non-hydrogen) atoms. The van der Waals surface area contributed by atoms with Crippen molar-refractivity contribution in [3.8, 4) is 0 Å². The summed E-state index contributed by atoms with van der Waals surface area (Å²) in [5.74, 6) is -1.73. The maximum atomic E-state index is 12.2. The second kappa shape index (κ2) is 10.3. The summed E-state index contributed by atoms with van der Waals surface area (Å²) in [4.78, 5) is 35.5. The number of hydrogen-bond donors (Lipinski definition) is 4. The number of ether oxygens (including phenoxy) is 1. The van der Waals surface area contributed by atoms with Crippen molar-refractivity contribution in [2.45, 2.75) is 83.7 Å². The van der Waals surface area contributed by atoms with E-state index in [1.54, 1.807) is 0 Å². The first-order valence-corrected chi connectivity index (χ1v) is 9.17. The van der Waals surface area contributed by atoms with Crippen molar-refractivity contribution in [1.29, 1.82) is 0 Å². The van der Waals surface area contributed by atoms with Crippen molar-refractivity contribution in [3.05, 3.63) is 11.6 Å². The molecule has 148 valence electrons. The van der Waals surface area contributed by atoms with E-state index in [1.165, 1.54) is 13.0 Å². The molecule has 4 atom stereocenters. The molecule has 0 fully saturated rings. The number of amides is 2. The molecule has 2 amide bonds. The van der Waals surface area contributed by atoms with Gasteiger partial charge in [-0.05, 0) is 19.3 Å². The minimum absolute atomic E-state index is 0.0143. The molecule has 0 unspecified atom stereocenters. The summed E-state index contributed by atoms with van der Waals surface area (Å²) in [6.07, 6.45) is 2.83. The third-order valence-electron chi connectivity index (χ3n) is 4.47. The fraction of sp³-hybridized carbons (Fsp3) is 0.722. The van der Waals surface area contributed by atoms with Crippen molar-refractivity contribution in [3.63, 3.8) is 0 Å². The quantitative estimate of drug-likeness (QED) is 0.473. The van der Waals surface area contributed by atoms with Crippen LogP contribution in [0.25, 0.3) is 0 Å². The van der Waals surface area contributed by atoms with Crippen molar-refractivity contribution in [2.75, 3.05) is 0 Å². The minimum atomic E-state index is -1.17. The summed E-state index contributed by atoms with van der Waals surface area (Å²) in [6, 6.07) is -2.25. The van der Waals surface area contributed by atoms with E-state index >= 15 is 0 Å². The molecule has 0 aliphatic heterocycles. The van der Waals surface area contributed by atoms with Gasteiger partial charge in [0.05, 0.1) is 23.8 Å². The number of nitrogens with one attached hydrogen (secondary N) is 2. The summed E-state index contributed by atoms with van der Waals surface area (Å²) >= 11 is 0. The van der Waals surface area contributed by atoms with Gasteiger partial charge in [0, 0.05) is 19.4 Å². The normalized spacial score (nSPS) is 25.5. The number of nitrogens with two attached hydrogens (primary N) is 1. The molecule has 0 saturated heterocycles. The SMILES string of the molecule is CCCC(=O)N[C@@H]1C(C(=O)O)=C[C@H](N)[C@@H](NC(C)=O)[C@@H]1OC(CC)CC. The number of carbonyl (C=O) groups is 3. The zero-order valence-corrected chi connectivity index (χ0v) is 16.0. The first-order chi connectivity index (χ1) is 12.2. The van der Waals surface area contributed by atoms with E-state index < -0.39 is 30.2 Å². The zero-order valence-electron chi connectivity index (χ0n) is 16.0. The molecular weight excluding hydrogens is 338 g/mol. The predicted molar refractivity (Wildman–Crippen MR) is 97.4 cm³/mol. The standard InChI is InChI=1S/C18H31N3O5/c1-5-8-14(23)21-15-12(18(24)25)9-13(19)16(20-10(4)22)17(15)26-11(6-2)7-3/h9,11,13,15-17H,5-8,19H2,1-4H3,(H,20,22)(H,21,23)(H,24,25)/t13-,15+,16+,17+/m0/s1. The smallest absolute Gasteiger partial charge is 0.333 e. The summed E-state index contributed by atoms with van der Waals surface area (Å²) in [6.45, 7) is 7.15. The van der Waals surface area contributed by atoms with Gasteiger partial charge in [0.1, 0.15) is 6.10 Å². The van der Waals surface area contributed by atoms with E-state index in [4.69, 9.17) is 10.5 Å². The highest BCUT2D eigenvalue weighted by molar-refractivity contribution is 5.90. The average molecular weight is 369 g/mol. The van der Waals surface area contributed by atoms with Crippen LogP contribution in [-0.4, -0.2) is 53.2 Å². The first kappa shape index (κ1) is 22.1. The highest BCUT2D eigenvalue weighted by Gasteiger charge is 2.44. The van der Waals surface area contributed by atoms with E-state index in [-0.39, 0.29) is 29.9 Å². The molecule has 0 heterocycles. The van der Waals surface area contributed by atoms with E-state index in [1.807, 2.05) is 20.8 Å². The average Bonchev–Trinajstić information content (AvgIpc) is 2.56. The van der Waals surface area contributed by atoms with Crippen LogP contribution in [0, 0.1) is 0 Å². The van der Waals surface area contributed by atoms with Crippen LogP contribution in [0.4, 0.5) is 0 Å². The molecule has 5 N–H and O–H groups in total. The van der Waals surface area contributed by atoms with Crippen LogP contribution in [-0.2, 0) is 19.1 Å². The molecule has 0 aromatic heterocycles. The van der Waals surface area contributed by atoms with Crippen molar-refractivity contribution in [1.82, 2.24) is 10.6 Å². The van der Waals surface area contributed by atoms with Crippen LogP contribution in [0.15, 0.2) is 11.6 Å². The second-order valence-electron chi connectivity index (χ2n) is 6.57. The molecule has 1 rings (SSSR count). The molecule has 0 radical (unpaired) electrons. The first-order valence-electron chi connectivity index (χ1n) is 9.17. The predicted octanol–water partition coefficient (Wildman–Crippen LogP) is 0.702. The van der Waals surface area contributed by atoms with Crippen molar-refractivity contribution in [2.24, 2.45) is 5.73 Å². The Bertz CT molecular complexity index is 545. The zero-order chi connectivity index (χ0) is 19.9. The lowest BCUT2D eigenvalue weighted by atomic mass is 9.84. The van der Waals surface area contributed by atoms with Crippen LogP contribution >= 0.6 is 0 Å². The molecule has 0 saturated carbocycles. The second-order valence-corrected chi connectivity index (χ2v) is 6.57. The van der Waals surface area contributed by atoms with E-state index in [2.05, 4.69) is 10.6 Å². The molecule has 8 heteroatoms. The Labute approximate surface area is 154 Å². The summed E-state index contributed by atoms with van der Waals surface area (Å²) < 4.78 is 6.13. The van der Waals surface area contributed by atoms with E-state index in [0.717, 1.165) is 12.8 Å². The van der Waals surface area contributed by atoms with Gasteiger partial charge in [-0.3, -0.25) is 9.59 Å². The fourth-order valence-corrected chi connectivity index (χ4v) is 3.13. The minimum Gasteiger partial charge on any atom is -0.478 e. The maximum Gasteiger partial charge on any atom is 0.333 e. The van der Waals surface area contributed by atoms with Gasteiger partial charge in [-0.1, -0.05) is 26.8 Å². The number of hydrogen-bond acceptors (Lipinski definition) is 5. The molecule has 1 aliphatic rings. The van der Waals surface area contributed by atoms with Crippen molar-refractivity contribution >= 4 is 17.8 Å². The molecular formula is C18H31N3O5. The lowest BCUT2D eigenvalue weighted by Crippen LogP contribution is -2.65. The van der Waals surface area contributed by atoms with Gasteiger partial charge in [0.2, 0.25) is 11.8 Å². The topological polar surface area (TPSA) is 131 Å². The molecule has 0 spiro atoms. The third-order valence-corrected chi connectivity index (χ3v) is 4.47. The van der Waals surface area contributed by atoms with Gasteiger partial charge in [0.15, 0.2) is 0 Å². The summed E-state index contributed by atoms with van der Waals surface area (Å²) in [7, 11) is 0. The lowest BCUT2D eigenvalue weighted by molar-refractivity contribution is -0.135. The Kier molecular flexibility index (Phi) is 8.74. The lowest BCUT2D eigenvalue weighted by Gasteiger charge is -2.42. The van der Waals surface area contributed by atoms with Crippen LogP contribution < -0.4 is 16.4 Å². The van der Waals surface area contributed by atoms with Gasteiger partial charge < -0.3 is 26.2 Å².